The first-order valence-corrected chi connectivity index (χ1v) is 9.50. The van der Waals surface area contributed by atoms with Gasteiger partial charge in [0.1, 0.15) is 12.0 Å². The second-order valence-corrected chi connectivity index (χ2v) is 7.77. The van der Waals surface area contributed by atoms with Crippen LogP contribution in [0.25, 0.3) is 10.9 Å². The van der Waals surface area contributed by atoms with Gasteiger partial charge in [0.05, 0.1) is 22.7 Å². The normalized spacial score (nSPS) is 23.3. The molecule has 31 heavy (non-hydrogen) atoms. The standard InChI is InChI=1S/C21H15F7N2O/c22-13-2-1-10-5-17-18(15-3-4-31-19(15)30(17)16(10)9-13)29-14-7-11(20(23,24)25)6-12(8-14)21(26,27)28/h1-2,5-9,15,18-19,29H,3-4H2/t15-,18+,19-/m0/s1. The van der Waals surface area contributed by atoms with Crippen LogP contribution in [0.4, 0.5) is 36.4 Å². The van der Waals surface area contributed by atoms with E-state index in [1.807, 2.05) is 0 Å². The number of aromatic nitrogens is 1. The zero-order chi connectivity index (χ0) is 22.1. The minimum Gasteiger partial charge on any atom is -0.376 e. The lowest BCUT2D eigenvalue weighted by atomic mass is 9.96. The summed E-state index contributed by atoms with van der Waals surface area (Å²) in [5, 5.41) is 3.58. The van der Waals surface area contributed by atoms with Crippen molar-refractivity contribution >= 4 is 16.6 Å². The topological polar surface area (TPSA) is 26.2 Å². The summed E-state index contributed by atoms with van der Waals surface area (Å²) >= 11 is 0. The first-order valence-electron chi connectivity index (χ1n) is 9.50. The van der Waals surface area contributed by atoms with E-state index in [2.05, 4.69) is 5.32 Å². The van der Waals surface area contributed by atoms with E-state index in [1.165, 1.54) is 12.1 Å². The van der Waals surface area contributed by atoms with Gasteiger partial charge in [-0.15, -0.1) is 0 Å². The molecule has 0 amide bonds. The van der Waals surface area contributed by atoms with Crippen LogP contribution in [-0.4, -0.2) is 11.2 Å². The molecule has 3 aromatic rings. The van der Waals surface area contributed by atoms with E-state index in [4.69, 9.17) is 4.74 Å². The Hall–Kier alpha value is -2.75. The quantitative estimate of drug-likeness (QED) is 0.456. The van der Waals surface area contributed by atoms with Crippen molar-refractivity contribution in [3.63, 3.8) is 0 Å². The summed E-state index contributed by atoms with van der Waals surface area (Å²) in [6, 6.07) is 6.81. The van der Waals surface area contributed by atoms with Crippen molar-refractivity contribution in [2.24, 2.45) is 5.92 Å². The molecule has 1 aromatic heterocycles. The number of alkyl halides is 6. The molecule has 2 aliphatic heterocycles. The first kappa shape index (κ1) is 20.2. The van der Waals surface area contributed by atoms with E-state index >= 15 is 0 Å². The highest BCUT2D eigenvalue weighted by Crippen LogP contribution is 2.51. The predicted molar refractivity (Wildman–Crippen MR) is 97.8 cm³/mol. The average Bonchev–Trinajstić information content (AvgIpc) is 3.33. The lowest BCUT2D eigenvalue weighted by Gasteiger charge is -2.22. The van der Waals surface area contributed by atoms with Crippen LogP contribution >= 0.6 is 0 Å². The van der Waals surface area contributed by atoms with Crippen LogP contribution in [0.5, 0.6) is 0 Å². The highest BCUT2D eigenvalue weighted by Gasteiger charge is 2.46. The molecule has 5 rings (SSSR count). The zero-order valence-electron chi connectivity index (χ0n) is 15.7. The molecule has 0 saturated carbocycles. The van der Waals surface area contributed by atoms with E-state index in [0.29, 0.717) is 41.8 Å². The van der Waals surface area contributed by atoms with Crippen molar-refractivity contribution in [2.45, 2.75) is 31.0 Å². The maximum absolute atomic E-state index is 13.8. The maximum Gasteiger partial charge on any atom is 0.416 e. The van der Waals surface area contributed by atoms with Crippen LogP contribution in [0.2, 0.25) is 0 Å². The van der Waals surface area contributed by atoms with Crippen LogP contribution < -0.4 is 5.32 Å². The summed E-state index contributed by atoms with van der Waals surface area (Å²) in [5.74, 6) is -0.668. The molecule has 0 unspecified atom stereocenters. The minimum absolute atomic E-state index is 0.0983. The smallest absolute Gasteiger partial charge is 0.376 e. The fourth-order valence-electron chi connectivity index (χ4n) is 4.55. The summed E-state index contributed by atoms with van der Waals surface area (Å²) in [7, 11) is 0. The van der Waals surface area contributed by atoms with Crippen LogP contribution in [0, 0.1) is 11.7 Å². The molecule has 2 aliphatic rings. The molecule has 1 fully saturated rings. The lowest BCUT2D eigenvalue weighted by Crippen LogP contribution is -2.18. The Balaban J connectivity index is 1.60. The number of rotatable bonds is 2. The molecule has 0 bridgehead atoms. The molecule has 3 nitrogen and oxygen atoms in total. The van der Waals surface area contributed by atoms with Crippen LogP contribution in [0.1, 0.15) is 35.5 Å². The lowest BCUT2D eigenvalue weighted by molar-refractivity contribution is -0.143. The van der Waals surface area contributed by atoms with Gasteiger partial charge in [0.25, 0.3) is 0 Å². The third kappa shape index (κ3) is 3.33. The number of benzene rings is 2. The zero-order valence-corrected chi connectivity index (χ0v) is 15.7. The number of fused-ring (bicyclic) bond motifs is 5. The molecule has 2 aromatic carbocycles. The molecule has 0 aliphatic carbocycles. The molecular formula is C21H15F7N2O. The molecule has 3 atom stereocenters. The van der Waals surface area contributed by atoms with Gasteiger partial charge < -0.3 is 14.6 Å². The van der Waals surface area contributed by atoms with Crippen LogP contribution in [-0.2, 0) is 17.1 Å². The summed E-state index contributed by atoms with van der Waals surface area (Å²) in [4.78, 5) is 0. The molecule has 0 radical (unpaired) electrons. The van der Waals surface area contributed by atoms with Crippen molar-refractivity contribution in [1.29, 1.82) is 0 Å². The van der Waals surface area contributed by atoms with Gasteiger partial charge in [0, 0.05) is 29.3 Å². The summed E-state index contributed by atoms with van der Waals surface area (Å²) < 4.78 is 101. The number of nitrogens with one attached hydrogen (secondary N) is 1. The maximum atomic E-state index is 13.8. The fraction of sp³-hybridized carbons (Fsp3) is 0.333. The van der Waals surface area contributed by atoms with Gasteiger partial charge in [-0.05, 0) is 48.9 Å². The average molecular weight is 444 g/mol. The first-order chi connectivity index (χ1) is 14.5. The third-order valence-corrected chi connectivity index (χ3v) is 5.85. The van der Waals surface area contributed by atoms with Gasteiger partial charge in [0.15, 0.2) is 0 Å². The van der Waals surface area contributed by atoms with E-state index in [-0.39, 0.29) is 17.7 Å². The van der Waals surface area contributed by atoms with E-state index in [0.717, 1.165) is 0 Å². The second kappa shape index (κ2) is 6.62. The number of ether oxygens (including phenoxy) is 1. The molecule has 164 valence electrons. The SMILES string of the molecule is Fc1ccc2cc3n(c2c1)[C@H]1OCC[C@H]1[C@H]3Nc1cc(C(F)(F)F)cc(C(F)(F)F)c1. The number of hydrogen-bond donors (Lipinski definition) is 1. The van der Waals surface area contributed by atoms with Crippen molar-refractivity contribution in [3.05, 3.63) is 65.1 Å². The Bertz CT molecular complexity index is 1130. The molecule has 3 heterocycles. The van der Waals surface area contributed by atoms with Gasteiger partial charge >= 0.3 is 12.4 Å². The highest BCUT2D eigenvalue weighted by molar-refractivity contribution is 5.82. The monoisotopic (exact) mass is 444 g/mol. The summed E-state index contributed by atoms with van der Waals surface area (Å²) in [6.07, 6.45) is -9.77. The third-order valence-electron chi connectivity index (χ3n) is 5.85. The number of halogens is 7. The van der Waals surface area contributed by atoms with E-state index < -0.39 is 41.6 Å². The number of hydrogen-bond acceptors (Lipinski definition) is 2. The summed E-state index contributed by atoms with van der Waals surface area (Å²) in [6.45, 7) is 0.387. The Morgan fingerprint density at radius 2 is 1.58 bits per heavy atom. The van der Waals surface area contributed by atoms with Crippen LogP contribution in [0.3, 0.4) is 0 Å². The van der Waals surface area contributed by atoms with Gasteiger partial charge in [-0.2, -0.15) is 26.3 Å². The molecule has 1 saturated heterocycles. The van der Waals surface area contributed by atoms with Gasteiger partial charge in [-0.1, -0.05) is 0 Å². The molecule has 10 heteroatoms. The van der Waals surface area contributed by atoms with Crippen LogP contribution in [0.15, 0.2) is 42.5 Å². The predicted octanol–water partition coefficient (Wildman–Crippen LogP) is 6.52. The minimum atomic E-state index is -4.93. The van der Waals surface area contributed by atoms with E-state index in [1.54, 1.807) is 16.7 Å². The fourth-order valence-corrected chi connectivity index (χ4v) is 4.55. The van der Waals surface area contributed by atoms with Crippen molar-refractivity contribution in [3.8, 4) is 0 Å². The Labute approximate surface area is 171 Å². The number of nitrogens with zero attached hydrogens (tertiary/aromatic N) is 1. The largest absolute Gasteiger partial charge is 0.416 e. The van der Waals surface area contributed by atoms with Gasteiger partial charge in [-0.3, -0.25) is 0 Å². The van der Waals surface area contributed by atoms with Gasteiger partial charge in [-0.25, -0.2) is 4.39 Å². The molecular weight excluding hydrogens is 429 g/mol. The molecule has 1 N–H and O–H groups in total. The van der Waals surface area contributed by atoms with Crippen molar-refractivity contribution < 1.29 is 35.5 Å². The Kier molecular flexibility index (Phi) is 4.31. The number of anilines is 1. The summed E-state index contributed by atoms with van der Waals surface area (Å²) in [5.41, 5.74) is -1.87. The second-order valence-electron chi connectivity index (χ2n) is 7.77. The molecule has 0 spiro atoms. The van der Waals surface area contributed by atoms with E-state index in [9.17, 15) is 30.7 Å². The Morgan fingerprint density at radius 3 is 2.23 bits per heavy atom. The highest BCUT2D eigenvalue weighted by atomic mass is 19.4. The van der Waals surface area contributed by atoms with Crippen molar-refractivity contribution in [1.82, 2.24) is 4.57 Å². The van der Waals surface area contributed by atoms with Crippen molar-refractivity contribution in [2.75, 3.05) is 11.9 Å². The Morgan fingerprint density at radius 1 is 0.903 bits per heavy atom. The van der Waals surface area contributed by atoms with Gasteiger partial charge in [0.2, 0.25) is 0 Å².